The van der Waals surface area contributed by atoms with Crippen LogP contribution in [0.15, 0.2) is 18.3 Å². The quantitative estimate of drug-likeness (QED) is 0.821. The van der Waals surface area contributed by atoms with Crippen molar-refractivity contribution in [1.29, 1.82) is 0 Å². The zero-order valence-corrected chi connectivity index (χ0v) is 10.7. The number of aromatic nitrogens is 3. The van der Waals surface area contributed by atoms with Crippen molar-refractivity contribution in [3.8, 4) is 0 Å². The van der Waals surface area contributed by atoms with E-state index in [2.05, 4.69) is 14.5 Å². The fourth-order valence-electron chi connectivity index (χ4n) is 2.79. The SMILES string of the molecule is S=c1[nH]c2cccnc2n1CC1CCCCC1. The highest BCUT2D eigenvalue weighted by Crippen LogP contribution is 2.26. The summed E-state index contributed by atoms with van der Waals surface area (Å²) in [5.74, 6) is 0.774. The fourth-order valence-corrected chi connectivity index (χ4v) is 3.06. The van der Waals surface area contributed by atoms with Gasteiger partial charge in [0.1, 0.15) is 0 Å². The van der Waals surface area contributed by atoms with Gasteiger partial charge in [-0.15, -0.1) is 0 Å². The maximum Gasteiger partial charge on any atom is 0.179 e. The van der Waals surface area contributed by atoms with Crippen LogP contribution in [0.25, 0.3) is 11.2 Å². The first-order valence-corrected chi connectivity index (χ1v) is 6.79. The first-order valence-electron chi connectivity index (χ1n) is 6.38. The molecule has 1 aliphatic carbocycles. The molecule has 2 aromatic rings. The van der Waals surface area contributed by atoms with Crippen LogP contribution >= 0.6 is 12.2 Å². The Morgan fingerprint density at radius 1 is 1.35 bits per heavy atom. The lowest BCUT2D eigenvalue weighted by molar-refractivity contribution is 0.320. The first kappa shape index (κ1) is 11.0. The van der Waals surface area contributed by atoms with Crippen molar-refractivity contribution >= 4 is 23.4 Å². The molecule has 17 heavy (non-hydrogen) atoms. The topological polar surface area (TPSA) is 33.6 Å². The molecule has 0 radical (unpaired) electrons. The second-order valence-electron chi connectivity index (χ2n) is 4.92. The monoisotopic (exact) mass is 247 g/mol. The van der Waals surface area contributed by atoms with Gasteiger partial charge in [-0.05, 0) is 43.1 Å². The number of imidazole rings is 1. The van der Waals surface area contributed by atoms with E-state index in [4.69, 9.17) is 12.2 Å². The Morgan fingerprint density at radius 3 is 3.00 bits per heavy atom. The third kappa shape index (κ3) is 2.14. The molecule has 0 atom stereocenters. The largest absolute Gasteiger partial charge is 0.329 e. The van der Waals surface area contributed by atoms with Crippen LogP contribution in [0.3, 0.4) is 0 Å². The van der Waals surface area contributed by atoms with E-state index in [9.17, 15) is 0 Å². The Kier molecular flexibility index (Phi) is 2.97. The van der Waals surface area contributed by atoms with E-state index < -0.39 is 0 Å². The van der Waals surface area contributed by atoms with Crippen molar-refractivity contribution in [2.24, 2.45) is 5.92 Å². The zero-order chi connectivity index (χ0) is 11.7. The molecule has 90 valence electrons. The van der Waals surface area contributed by atoms with Gasteiger partial charge >= 0.3 is 0 Å². The molecule has 1 aliphatic rings. The van der Waals surface area contributed by atoms with Gasteiger partial charge in [0.15, 0.2) is 10.4 Å². The summed E-state index contributed by atoms with van der Waals surface area (Å²) in [7, 11) is 0. The highest BCUT2D eigenvalue weighted by molar-refractivity contribution is 7.71. The summed E-state index contributed by atoms with van der Waals surface area (Å²) in [6.07, 6.45) is 8.64. The van der Waals surface area contributed by atoms with Gasteiger partial charge in [-0.3, -0.25) is 0 Å². The summed E-state index contributed by atoms with van der Waals surface area (Å²) in [5.41, 5.74) is 2.05. The fraction of sp³-hybridized carbons (Fsp3) is 0.538. The van der Waals surface area contributed by atoms with Crippen molar-refractivity contribution in [3.63, 3.8) is 0 Å². The predicted octanol–water partition coefficient (Wildman–Crippen LogP) is 3.67. The van der Waals surface area contributed by atoms with Gasteiger partial charge in [0.05, 0.1) is 5.52 Å². The van der Waals surface area contributed by atoms with Crippen LogP contribution in [-0.2, 0) is 6.54 Å². The average molecular weight is 247 g/mol. The van der Waals surface area contributed by atoms with Gasteiger partial charge in [-0.1, -0.05) is 19.3 Å². The molecule has 2 aromatic heterocycles. The Balaban J connectivity index is 1.93. The third-order valence-electron chi connectivity index (χ3n) is 3.69. The van der Waals surface area contributed by atoms with Crippen LogP contribution < -0.4 is 0 Å². The molecule has 1 N–H and O–H groups in total. The minimum absolute atomic E-state index is 0.774. The summed E-state index contributed by atoms with van der Waals surface area (Å²) in [4.78, 5) is 7.66. The predicted molar refractivity (Wildman–Crippen MR) is 71.5 cm³/mol. The first-order chi connectivity index (χ1) is 8.34. The average Bonchev–Trinajstić information content (AvgIpc) is 2.68. The molecule has 1 fully saturated rings. The molecular weight excluding hydrogens is 230 g/mol. The van der Waals surface area contributed by atoms with Gasteiger partial charge in [0.2, 0.25) is 0 Å². The van der Waals surface area contributed by atoms with Gasteiger partial charge in [0.25, 0.3) is 0 Å². The third-order valence-corrected chi connectivity index (χ3v) is 4.02. The van der Waals surface area contributed by atoms with Crippen molar-refractivity contribution in [1.82, 2.24) is 14.5 Å². The van der Waals surface area contributed by atoms with Crippen LogP contribution in [0.4, 0.5) is 0 Å². The number of hydrogen-bond acceptors (Lipinski definition) is 2. The van der Waals surface area contributed by atoms with E-state index in [0.29, 0.717) is 0 Å². The minimum Gasteiger partial charge on any atom is -0.329 e. The maximum absolute atomic E-state index is 5.39. The molecule has 0 spiro atoms. The van der Waals surface area contributed by atoms with Crippen molar-refractivity contribution < 1.29 is 0 Å². The molecule has 4 heteroatoms. The standard InChI is InChI=1S/C13H17N3S/c17-13-15-11-7-4-8-14-12(11)16(13)9-10-5-2-1-3-6-10/h4,7-8,10H,1-3,5-6,9H2,(H,15,17). The number of pyridine rings is 1. The summed E-state index contributed by atoms with van der Waals surface area (Å²) in [6, 6.07) is 3.98. The Bertz CT molecular complexity index is 563. The highest BCUT2D eigenvalue weighted by atomic mass is 32.1. The molecule has 1 saturated carbocycles. The number of fused-ring (bicyclic) bond motifs is 1. The van der Waals surface area contributed by atoms with Crippen molar-refractivity contribution in [2.75, 3.05) is 0 Å². The molecular formula is C13H17N3S. The summed E-state index contributed by atoms with van der Waals surface area (Å²) in [6.45, 7) is 1.02. The highest BCUT2D eigenvalue weighted by Gasteiger charge is 2.16. The van der Waals surface area contributed by atoms with Crippen LogP contribution in [0.1, 0.15) is 32.1 Å². The molecule has 0 aliphatic heterocycles. The van der Waals surface area contributed by atoms with Crippen LogP contribution in [-0.4, -0.2) is 14.5 Å². The number of hydrogen-bond donors (Lipinski definition) is 1. The summed E-state index contributed by atoms with van der Waals surface area (Å²) in [5, 5.41) is 0. The molecule has 0 bridgehead atoms. The van der Waals surface area contributed by atoms with E-state index in [0.717, 1.165) is 28.4 Å². The minimum atomic E-state index is 0.774. The van der Waals surface area contributed by atoms with Gasteiger partial charge in [0, 0.05) is 12.7 Å². The smallest absolute Gasteiger partial charge is 0.179 e. The molecule has 3 nitrogen and oxygen atoms in total. The van der Waals surface area contributed by atoms with Crippen molar-refractivity contribution in [3.05, 3.63) is 23.1 Å². The van der Waals surface area contributed by atoms with E-state index >= 15 is 0 Å². The Labute approximate surface area is 106 Å². The Morgan fingerprint density at radius 2 is 2.18 bits per heavy atom. The van der Waals surface area contributed by atoms with Crippen LogP contribution in [0.2, 0.25) is 0 Å². The van der Waals surface area contributed by atoms with E-state index in [-0.39, 0.29) is 0 Å². The van der Waals surface area contributed by atoms with Gasteiger partial charge < -0.3 is 9.55 Å². The second kappa shape index (κ2) is 4.61. The molecule has 0 amide bonds. The lowest BCUT2D eigenvalue weighted by Gasteiger charge is -2.21. The number of nitrogens with one attached hydrogen (secondary N) is 1. The molecule has 0 unspecified atom stereocenters. The molecule has 0 saturated heterocycles. The van der Waals surface area contributed by atoms with Crippen LogP contribution in [0.5, 0.6) is 0 Å². The maximum atomic E-state index is 5.39. The molecule has 0 aromatic carbocycles. The molecule has 3 rings (SSSR count). The zero-order valence-electron chi connectivity index (χ0n) is 9.85. The summed E-state index contributed by atoms with van der Waals surface area (Å²) < 4.78 is 2.98. The lowest BCUT2D eigenvalue weighted by atomic mass is 9.89. The second-order valence-corrected chi connectivity index (χ2v) is 5.31. The van der Waals surface area contributed by atoms with Crippen molar-refractivity contribution in [2.45, 2.75) is 38.6 Å². The van der Waals surface area contributed by atoms with Gasteiger partial charge in [-0.25, -0.2) is 4.98 Å². The van der Waals surface area contributed by atoms with E-state index in [1.165, 1.54) is 32.1 Å². The van der Waals surface area contributed by atoms with Gasteiger partial charge in [-0.2, -0.15) is 0 Å². The Hall–Kier alpha value is -1.16. The number of nitrogens with zero attached hydrogens (tertiary/aromatic N) is 2. The van der Waals surface area contributed by atoms with E-state index in [1.807, 2.05) is 18.3 Å². The van der Waals surface area contributed by atoms with E-state index in [1.54, 1.807) is 0 Å². The summed E-state index contributed by atoms with van der Waals surface area (Å²) >= 11 is 5.39. The number of aromatic amines is 1. The normalized spacial score (nSPS) is 17.6. The number of H-pyrrole nitrogens is 1. The lowest BCUT2D eigenvalue weighted by Crippen LogP contribution is -2.14. The molecule has 2 heterocycles. The van der Waals surface area contributed by atoms with Crippen LogP contribution in [0, 0.1) is 10.7 Å². The number of rotatable bonds is 2.